The minimum absolute atomic E-state index is 1.12. The Morgan fingerprint density at radius 1 is 1.80 bits per heavy atom. The average Bonchev–Trinajstić information content (AvgIpc) is 1.41. The Bertz CT molecular complexity index is 48.9. The molecule has 0 heterocycles. The van der Waals surface area contributed by atoms with Gasteiger partial charge in [-0.25, -0.2) is 0 Å². The molecule has 0 aliphatic carbocycles. The van der Waals surface area contributed by atoms with E-state index in [9.17, 15) is 0 Å². The van der Waals surface area contributed by atoms with E-state index in [-0.39, 0.29) is 0 Å². The van der Waals surface area contributed by atoms with Gasteiger partial charge in [0.1, 0.15) is 0 Å². The summed E-state index contributed by atoms with van der Waals surface area (Å²) in [6.07, 6.45) is 3.58. The molecule has 5 heavy (non-hydrogen) atoms. The van der Waals surface area contributed by atoms with Crippen molar-refractivity contribution in [3.05, 3.63) is 9.84 Å². The van der Waals surface area contributed by atoms with E-state index in [1.807, 2.05) is 5.82 Å². The first kappa shape index (κ1) is 5.73. The van der Waals surface area contributed by atoms with Gasteiger partial charge in [0.2, 0.25) is 0 Å². The van der Waals surface area contributed by atoms with Gasteiger partial charge in [0.25, 0.3) is 0 Å². The van der Waals surface area contributed by atoms with E-state index in [2.05, 4.69) is 10.3 Å². The summed E-state index contributed by atoms with van der Waals surface area (Å²) < 4.78 is 2.07. The van der Waals surface area contributed by atoms with Crippen LogP contribution in [0.2, 0.25) is 0 Å². The number of rotatable bonds is 1. The molecule has 0 aromatic rings. The molecule has 0 saturated carbocycles. The molecule has 0 aliphatic rings. The van der Waals surface area contributed by atoms with Crippen molar-refractivity contribution in [1.29, 1.82) is 0 Å². The fourth-order valence-electron chi connectivity index (χ4n) is 0.0527. The van der Waals surface area contributed by atoms with Gasteiger partial charge in [-0.3, -0.25) is 0 Å². The van der Waals surface area contributed by atoms with Crippen LogP contribution in [0.25, 0.3) is 0 Å². The van der Waals surface area contributed by atoms with Crippen molar-refractivity contribution in [2.75, 3.05) is 0 Å². The van der Waals surface area contributed by atoms with Crippen LogP contribution in [-0.2, 0) is 0 Å². The standard InChI is InChI=1S/C3H4P.Sb.H/c1-3-4-2;;/h1,3H,2H2;;. The van der Waals surface area contributed by atoms with Crippen LogP contribution in [0.4, 0.5) is 0 Å². The van der Waals surface area contributed by atoms with Crippen LogP contribution in [0.15, 0.2) is 9.84 Å². The molecule has 0 aromatic carbocycles. The maximum atomic E-state index is 3.58. The molecule has 0 aromatic heterocycles. The molecule has 0 fully saturated rings. The van der Waals surface area contributed by atoms with Crippen LogP contribution < -0.4 is 0 Å². The zero-order chi connectivity index (χ0) is 4.12. The van der Waals surface area contributed by atoms with Gasteiger partial charge in [-0.15, -0.1) is 0 Å². The molecule has 27 valence electrons. The molecule has 0 unspecified atom stereocenters. The van der Waals surface area contributed by atoms with Crippen molar-refractivity contribution in [2.24, 2.45) is 0 Å². The van der Waals surface area contributed by atoms with Crippen LogP contribution in [0.5, 0.6) is 0 Å². The first-order chi connectivity index (χ1) is 2.41. The number of hydrogen-bond acceptors (Lipinski definition) is 0. The summed E-state index contributed by atoms with van der Waals surface area (Å²) in [5.41, 5.74) is 0. The Morgan fingerprint density at radius 2 is 2.40 bits per heavy atom. The van der Waals surface area contributed by atoms with E-state index in [0.29, 0.717) is 0 Å². The van der Waals surface area contributed by atoms with E-state index in [1.54, 1.807) is 0 Å². The fraction of sp³-hybridized carbons (Fsp3) is 0. The zero-order valence-corrected chi connectivity index (χ0v) is 6.56. The normalized spacial score (nSPS) is 10.6. The van der Waals surface area contributed by atoms with E-state index in [0.717, 1.165) is 8.20 Å². The summed E-state index contributed by atoms with van der Waals surface area (Å²) in [7, 11) is 1.12. The summed E-state index contributed by atoms with van der Waals surface area (Å²) >= 11 is 1.46. The van der Waals surface area contributed by atoms with Gasteiger partial charge in [0.05, 0.1) is 0 Å². The third-order valence-corrected chi connectivity index (χ3v) is 1.82. The second-order valence-electron chi connectivity index (χ2n) is 0.498. The summed E-state index contributed by atoms with van der Waals surface area (Å²) in [6, 6.07) is 0. The first-order valence-electron chi connectivity index (χ1n) is 1.20. The van der Waals surface area contributed by atoms with Gasteiger partial charge in [-0.05, 0) is 0 Å². The van der Waals surface area contributed by atoms with E-state index < -0.39 is 0 Å². The Labute approximate surface area is 47.6 Å². The summed E-state index contributed by atoms with van der Waals surface area (Å²) in [5.74, 6) is 2.03. The zero-order valence-electron chi connectivity index (χ0n) is 2.81. The van der Waals surface area contributed by atoms with Gasteiger partial charge in [-0.2, -0.15) is 0 Å². The predicted octanol–water partition coefficient (Wildman–Crippen LogP) is 0.737. The molecule has 0 saturated heterocycles. The molecular formula is C3H5PSb. The molecule has 1 radical (unpaired) electrons. The van der Waals surface area contributed by atoms with Gasteiger partial charge < -0.3 is 0 Å². The maximum absolute atomic E-state index is 3.58. The van der Waals surface area contributed by atoms with Gasteiger partial charge in [0.15, 0.2) is 0 Å². The van der Waals surface area contributed by atoms with Gasteiger partial charge in [0, 0.05) is 0 Å². The van der Waals surface area contributed by atoms with E-state index in [1.165, 1.54) is 23.0 Å². The SMILES string of the molecule is C=PC=[CH][SbH]. The van der Waals surface area contributed by atoms with Gasteiger partial charge in [-0.1, -0.05) is 0 Å². The predicted molar refractivity (Wildman–Crippen MR) is 30.3 cm³/mol. The van der Waals surface area contributed by atoms with Gasteiger partial charge >= 0.3 is 47.4 Å². The second-order valence-corrected chi connectivity index (χ2v) is 2.11. The van der Waals surface area contributed by atoms with Crippen molar-refractivity contribution in [3.63, 3.8) is 0 Å². The summed E-state index contributed by atoms with van der Waals surface area (Å²) in [4.78, 5) is 0. The molecule has 0 atom stereocenters. The molecule has 0 aliphatic heterocycles. The monoisotopic (exact) mass is 193 g/mol. The molecule has 0 N–H and O–H groups in total. The van der Waals surface area contributed by atoms with Crippen molar-refractivity contribution < 1.29 is 0 Å². The Balaban J connectivity index is 2.92. The number of hydrogen-bond donors (Lipinski definition) is 0. The molecular weight excluding hydrogens is 189 g/mol. The molecule has 0 bridgehead atoms. The van der Waals surface area contributed by atoms with Crippen LogP contribution in [0, 0.1) is 0 Å². The molecule has 0 nitrogen and oxygen atoms in total. The minimum atomic E-state index is 1.12. The van der Waals surface area contributed by atoms with Crippen molar-refractivity contribution in [2.45, 2.75) is 0 Å². The third kappa shape index (κ3) is 4.73. The molecule has 0 spiro atoms. The van der Waals surface area contributed by atoms with Crippen LogP contribution in [-0.4, -0.2) is 29.3 Å². The Kier molecular flexibility index (Phi) is 5.42. The summed E-state index contributed by atoms with van der Waals surface area (Å²) in [5, 5.41) is 0. The third-order valence-electron chi connectivity index (χ3n) is 0.180. The Morgan fingerprint density at radius 3 is 2.40 bits per heavy atom. The van der Waals surface area contributed by atoms with E-state index in [4.69, 9.17) is 0 Å². The van der Waals surface area contributed by atoms with Crippen LogP contribution in [0.1, 0.15) is 0 Å². The topological polar surface area (TPSA) is 0 Å². The van der Waals surface area contributed by atoms with Crippen LogP contribution in [0.3, 0.4) is 0 Å². The Hall–Kier alpha value is 0.728. The van der Waals surface area contributed by atoms with E-state index >= 15 is 0 Å². The first-order valence-corrected chi connectivity index (χ1v) is 3.99. The molecule has 2 heteroatoms. The van der Waals surface area contributed by atoms with Crippen molar-refractivity contribution >= 4 is 37.5 Å². The average molecular weight is 194 g/mol. The molecule has 0 amide bonds. The molecule has 0 rings (SSSR count). The van der Waals surface area contributed by atoms with Crippen LogP contribution >= 0.6 is 8.20 Å². The fourth-order valence-corrected chi connectivity index (χ4v) is 1.06. The summed E-state index contributed by atoms with van der Waals surface area (Å²) in [6.45, 7) is 0. The second kappa shape index (κ2) is 4.73. The van der Waals surface area contributed by atoms with Crippen molar-refractivity contribution in [1.82, 2.24) is 0 Å². The quantitative estimate of drug-likeness (QED) is 0.426. The van der Waals surface area contributed by atoms with Crippen molar-refractivity contribution in [3.8, 4) is 0 Å².